The number of rotatable bonds is 1. The molecule has 1 aliphatic carbocycles. The van der Waals surface area contributed by atoms with Crippen molar-refractivity contribution >= 4 is 6.29 Å². The van der Waals surface area contributed by atoms with Crippen molar-refractivity contribution in [2.24, 2.45) is 0 Å². The van der Waals surface area contributed by atoms with Gasteiger partial charge in [-0.25, -0.2) is 0 Å². The second-order valence-electron chi connectivity index (χ2n) is 4.16. The van der Waals surface area contributed by atoms with Crippen molar-refractivity contribution in [2.75, 3.05) is 0 Å². The quantitative estimate of drug-likeness (QED) is 0.688. The lowest BCUT2D eigenvalue weighted by atomic mass is 9.80. The molecule has 0 aliphatic heterocycles. The second-order valence-corrected chi connectivity index (χ2v) is 4.16. The monoisotopic (exact) mass is 190 g/mol. The fourth-order valence-corrected chi connectivity index (χ4v) is 2.18. The van der Waals surface area contributed by atoms with E-state index >= 15 is 0 Å². The number of aldehydes is 1. The van der Waals surface area contributed by atoms with E-state index in [4.69, 9.17) is 0 Å². The van der Waals surface area contributed by atoms with Crippen LogP contribution in [-0.2, 0) is 12.0 Å². The molecule has 1 aromatic rings. The van der Waals surface area contributed by atoms with E-state index in [2.05, 4.69) is 0 Å². The zero-order valence-electron chi connectivity index (χ0n) is 8.29. The summed E-state index contributed by atoms with van der Waals surface area (Å²) in [6.07, 6.45) is 3.61. The molecule has 1 N–H and O–H groups in total. The Kier molecular flexibility index (Phi) is 2.16. The maximum atomic E-state index is 10.6. The number of hydrogen-bond donors (Lipinski definition) is 1. The Morgan fingerprint density at radius 2 is 2.29 bits per heavy atom. The molecule has 1 unspecified atom stereocenters. The number of fused-ring (bicyclic) bond motifs is 1. The topological polar surface area (TPSA) is 37.3 Å². The van der Waals surface area contributed by atoms with Gasteiger partial charge < -0.3 is 5.11 Å². The summed E-state index contributed by atoms with van der Waals surface area (Å²) >= 11 is 0. The van der Waals surface area contributed by atoms with Crippen molar-refractivity contribution in [3.63, 3.8) is 0 Å². The fourth-order valence-electron chi connectivity index (χ4n) is 2.18. The lowest BCUT2D eigenvalue weighted by Gasteiger charge is -2.31. The smallest absolute Gasteiger partial charge is 0.150 e. The molecule has 2 heteroatoms. The largest absolute Gasteiger partial charge is 0.385 e. The first-order chi connectivity index (χ1) is 6.63. The molecule has 2 rings (SSSR count). The summed E-state index contributed by atoms with van der Waals surface area (Å²) in [6, 6.07) is 5.53. The van der Waals surface area contributed by atoms with Gasteiger partial charge in [0.05, 0.1) is 5.60 Å². The Morgan fingerprint density at radius 1 is 1.50 bits per heavy atom. The summed E-state index contributed by atoms with van der Waals surface area (Å²) in [5, 5.41) is 10.1. The molecule has 0 fully saturated rings. The standard InChI is InChI=1S/C12H14O2/c1-12(14)6-2-3-10-7-9(8-13)4-5-11(10)12/h4-5,7-8,14H,2-3,6H2,1H3. The minimum atomic E-state index is -0.713. The summed E-state index contributed by atoms with van der Waals surface area (Å²) in [4.78, 5) is 10.6. The first-order valence-electron chi connectivity index (χ1n) is 4.94. The number of carbonyl (C=O) groups is 1. The van der Waals surface area contributed by atoms with E-state index in [0.717, 1.165) is 36.7 Å². The molecule has 0 amide bonds. The van der Waals surface area contributed by atoms with Crippen molar-refractivity contribution in [2.45, 2.75) is 31.8 Å². The van der Waals surface area contributed by atoms with Gasteiger partial charge in [-0.15, -0.1) is 0 Å². The van der Waals surface area contributed by atoms with E-state index in [1.54, 1.807) is 6.07 Å². The first-order valence-corrected chi connectivity index (χ1v) is 4.94. The molecule has 0 saturated carbocycles. The minimum Gasteiger partial charge on any atom is -0.385 e. The van der Waals surface area contributed by atoms with Crippen molar-refractivity contribution in [3.8, 4) is 0 Å². The zero-order chi connectivity index (χ0) is 10.2. The molecular weight excluding hydrogens is 176 g/mol. The van der Waals surface area contributed by atoms with Crippen LogP contribution in [0.1, 0.15) is 41.3 Å². The van der Waals surface area contributed by atoms with Crippen LogP contribution < -0.4 is 0 Å². The fraction of sp³-hybridized carbons (Fsp3) is 0.417. The van der Waals surface area contributed by atoms with Gasteiger partial charge in [-0.1, -0.05) is 12.1 Å². The average molecular weight is 190 g/mol. The highest BCUT2D eigenvalue weighted by Gasteiger charge is 2.29. The molecule has 1 atom stereocenters. The van der Waals surface area contributed by atoms with Crippen molar-refractivity contribution in [3.05, 3.63) is 34.9 Å². The van der Waals surface area contributed by atoms with E-state index in [9.17, 15) is 9.90 Å². The van der Waals surface area contributed by atoms with Gasteiger partial charge in [-0.3, -0.25) is 4.79 Å². The summed E-state index contributed by atoms with van der Waals surface area (Å²) in [5.41, 5.74) is 2.08. The zero-order valence-corrected chi connectivity index (χ0v) is 8.29. The highest BCUT2D eigenvalue weighted by Crippen LogP contribution is 2.34. The predicted octanol–water partition coefficient (Wildman–Crippen LogP) is 2.04. The summed E-state index contributed by atoms with van der Waals surface area (Å²) in [6.45, 7) is 1.84. The Bertz CT molecular complexity index is 367. The molecule has 0 aromatic heterocycles. The lowest BCUT2D eigenvalue weighted by molar-refractivity contribution is 0.0387. The summed E-state index contributed by atoms with van der Waals surface area (Å²) in [7, 11) is 0. The Morgan fingerprint density at radius 3 is 3.00 bits per heavy atom. The van der Waals surface area contributed by atoms with E-state index < -0.39 is 5.60 Å². The number of benzene rings is 1. The minimum absolute atomic E-state index is 0.696. The van der Waals surface area contributed by atoms with Gasteiger partial charge in [0.2, 0.25) is 0 Å². The van der Waals surface area contributed by atoms with Gasteiger partial charge in [0.25, 0.3) is 0 Å². The van der Waals surface area contributed by atoms with Crippen LogP contribution in [0, 0.1) is 0 Å². The van der Waals surface area contributed by atoms with Crippen molar-refractivity contribution in [1.82, 2.24) is 0 Å². The normalized spacial score (nSPS) is 25.6. The van der Waals surface area contributed by atoms with Crippen LogP contribution >= 0.6 is 0 Å². The van der Waals surface area contributed by atoms with Gasteiger partial charge in [-0.05, 0) is 43.4 Å². The third-order valence-corrected chi connectivity index (χ3v) is 2.96. The lowest BCUT2D eigenvalue weighted by Crippen LogP contribution is -2.26. The molecule has 1 aliphatic rings. The third-order valence-electron chi connectivity index (χ3n) is 2.96. The molecule has 0 spiro atoms. The van der Waals surface area contributed by atoms with Crippen LogP contribution in [0.3, 0.4) is 0 Å². The van der Waals surface area contributed by atoms with Gasteiger partial charge >= 0.3 is 0 Å². The second kappa shape index (κ2) is 3.21. The Balaban J connectivity index is 2.51. The van der Waals surface area contributed by atoms with Gasteiger partial charge in [-0.2, -0.15) is 0 Å². The van der Waals surface area contributed by atoms with Crippen LogP contribution in [0.5, 0.6) is 0 Å². The Hall–Kier alpha value is -1.15. The molecule has 0 saturated heterocycles. The highest BCUT2D eigenvalue weighted by molar-refractivity contribution is 5.75. The Labute approximate surface area is 83.6 Å². The summed E-state index contributed by atoms with van der Waals surface area (Å²) in [5.74, 6) is 0. The van der Waals surface area contributed by atoms with Gasteiger partial charge in [0, 0.05) is 5.56 Å². The number of hydrogen-bond acceptors (Lipinski definition) is 2. The van der Waals surface area contributed by atoms with Gasteiger partial charge in [0.15, 0.2) is 0 Å². The highest BCUT2D eigenvalue weighted by atomic mass is 16.3. The average Bonchev–Trinajstić information content (AvgIpc) is 2.16. The number of aryl methyl sites for hydroxylation is 1. The number of carbonyl (C=O) groups excluding carboxylic acids is 1. The third kappa shape index (κ3) is 1.46. The SMILES string of the molecule is CC1(O)CCCc2cc(C=O)ccc21. The van der Waals surface area contributed by atoms with E-state index in [-0.39, 0.29) is 0 Å². The van der Waals surface area contributed by atoms with Crippen LogP contribution in [0.15, 0.2) is 18.2 Å². The van der Waals surface area contributed by atoms with Crippen LogP contribution in [0.2, 0.25) is 0 Å². The predicted molar refractivity (Wildman–Crippen MR) is 54.3 cm³/mol. The van der Waals surface area contributed by atoms with E-state index in [1.165, 1.54) is 0 Å². The van der Waals surface area contributed by atoms with Crippen molar-refractivity contribution < 1.29 is 9.90 Å². The molecule has 74 valence electrons. The van der Waals surface area contributed by atoms with Crippen LogP contribution in [0.25, 0.3) is 0 Å². The van der Waals surface area contributed by atoms with Crippen LogP contribution in [-0.4, -0.2) is 11.4 Å². The summed E-state index contributed by atoms with van der Waals surface area (Å²) < 4.78 is 0. The van der Waals surface area contributed by atoms with E-state index in [0.29, 0.717) is 5.56 Å². The molecule has 14 heavy (non-hydrogen) atoms. The first kappa shape index (κ1) is 9.41. The maximum Gasteiger partial charge on any atom is 0.150 e. The number of aliphatic hydroxyl groups is 1. The van der Waals surface area contributed by atoms with E-state index in [1.807, 2.05) is 19.1 Å². The van der Waals surface area contributed by atoms with Crippen molar-refractivity contribution in [1.29, 1.82) is 0 Å². The van der Waals surface area contributed by atoms with Gasteiger partial charge in [0.1, 0.15) is 6.29 Å². The molecule has 0 radical (unpaired) electrons. The molecule has 1 aromatic carbocycles. The maximum absolute atomic E-state index is 10.6. The van der Waals surface area contributed by atoms with Crippen LogP contribution in [0.4, 0.5) is 0 Å². The molecule has 0 bridgehead atoms. The molecule has 0 heterocycles. The molecular formula is C12H14O2. The molecule has 2 nitrogen and oxygen atoms in total.